The Bertz CT molecular complexity index is 554. The van der Waals surface area contributed by atoms with E-state index in [1.54, 1.807) is 12.6 Å². The van der Waals surface area contributed by atoms with Gasteiger partial charge >= 0.3 is 0 Å². The molecule has 0 aliphatic carbocycles. The summed E-state index contributed by atoms with van der Waals surface area (Å²) in [6, 6.07) is 2.02. The van der Waals surface area contributed by atoms with E-state index in [1.165, 1.54) is 11.1 Å². The van der Waals surface area contributed by atoms with Crippen LogP contribution in [-0.2, 0) is 19.4 Å². The first-order valence-corrected chi connectivity index (χ1v) is 7.05. The molecule has 0 saturated carbocycles. The second kappa shape index (κ2) is 6.05. The summed E-state index contributed by atoms with van der Waals surface area (Å²) in [7, 11) is 0. The van der Waals surface area contributed by atoms with Crippen LogP contribution in [-0.4, -0.2) is 34.6 Å². The van der Waals surface area contributed by atoms with Crippen LogP contribution in [0.1, 0.15) is 23.7 Å². The van der Waals surface area contributed by atoms with E-state index in [-0.39, 0.29) is 0 Å². The number of rotatable bonds is 4. The molecule has 0 fully saturated rings. The molecule has 106 valence electrons. The zero-order valence-corrected chi connectivity index (χ0v) is 11.7. The van der Waals surface area contributed by atoms with E-state index >= 15 is 0 Å². The maximum Gasteiger partial charge on any atom is 0.219 e. The van der Waals surface area contributed by atoms with E-state index in [0.717, 1.165) is 44.0 Å². The second-order valence-electron chi connectivity index (χ2n) is 4.94. The van der Waals surface area contributed by atoms with Crippen LogP contribution >= 0.6 is 0 Å². The van der Waals surface area contributed by atoms with Crippen LogP contribution in [0.5, 0.6) is 5.88 Å². The Labute approximate surface area is 118 Å². The molecule has 2 aromatic heterocycles. The summed E-state index contributed by atoms with van der Waals surface area (Å²) in [5.41, 5.74) is 3.51. The van der Waals surface area contributed by atoms with Crippen LogP contribution in [0.25, 0.3) is 0 Å². The number of ether oxygens (including phenoxy) is 1. The molecule has 3 heterocycles. The summed E-state index contributed by atoms with van der Waals surface area (Å²) >= 11 is 0. The van der Waals surface area contributed by atoms with Crippen LogP contribution in [0.4, 0.5) is 0 Å². The topological polar surface area (TPSA) is 51.4 Å². The highest BCUT2D eigenvalue weighted by atomic mass is 16.5. The summed E-state index contributed by atoms with van der Waals surface area (Å²) in [6.07, 6.45) is 7.01. The van der Waals surface area contributed by atoms with Gasteiger partial charge in [0.15, 0.2) is 0 Å². The summed E-state index contributed by atoms with van der Waals surface area (Å²) in [4.78, 5) is 11.1. The maximum atomic E-state index is 5.62. The first-order chi connectivity index (χ1) is 9.86. The lowest BCUT2D eigenvalue weighted by Gasteiger charge is -2.18. The summed E-state index contributed by atoms with van der Waals surface area (Å²) in [5, 5.41) is 0. The maximum absolute atomic E-state index is 5.62. The molecule has 0 saturated heterocycles. The Morgan fingerprint density at radius 1 is 1.30 bits per heavy atom. The molecule has 20 heavy (non-hydrogen) atoms. The lowest BCUT2D eigenvalue weighted by Crippen LogP contribution is -2.25. The summed E-state index contributed by atoms with van der Waals surface area (Å²) in [5.74, 6) is 0.752. The minimum absolute atomic E-state index is 0.641. The molecule has 0 amide bonds. The van der Waals surface area contributed by atoms with E-state index in [1.807, 2.05) is 19.3 Å². The van der Waals surface area contributed by atoms with Gasteiger partial charge in [-0.2, -0.15) is 0 Å². The fourth-order valence-corrected chi connectivity index (χ4v) is 2.60. The van der Waals surface area contributed by atoms with E-state index < -0.39 is 0 Å². The number of fused-ring (bicyclic) bond motifs is 1. The molecule has 0 radical (unpaired) electrons. The fraction of sp³-hybridized carbons (Fsp3) is 0.467. The van der Waals surface area contributed by atoms with Crippen molar-refractivity contribution in [2.75, 3.05) is 19.7 Å². The van der Waals surface area contributed by atoms with Crippen LogP contribution in [0.3, 0.4) is 0 Å². The predicted octanol–water partition coefficient (Wildman–Crippen LogP) is 2.07. The summed E-state index contributed by atoms with van der Waals surface area (Å²) in [6.45, 7) is 5.53. The van der Waals surface area contributed by atoms with Gasteiger partial charge < -0.3 is 9.15 Å². The van der Waals surface area contributed by atoms with Crippen molar-refractivity contribution in [1.29, 1.82) is 0 Å². The van der Waals surface area contributed by atoms with Crippen molar-refractivity contribution in [1.82, 2.24) is 14.9 Å². The van der Waals surface area contributed by atoms with Crippen molar-refractivity contribution in [2.45, 2.75) is 26.3 Å². The average Bonchev–Trinajstić information content (AvgIpc) is 2.87. The Hall–Kier alpha value is -1.88. The third kappa shape index (κ3) is 2.82. The monoisotopic (exact) mass is 273 g/mol. The Morgan fingerprint density at radius 2 is 2.20 bits per heavy atom. The SMILES string of the molecule is CCOc1ncnc2c1CCN(Cc1ccoc1)CC2. The quantitative estimate of drug-likeness (QED) is 0.853. The molecule has 3 rings (SSSR count). The van der Waals surface area contributed by atoms with Gasteiger partial charge in [-0.3, -0.25) is 4.90 Å². The molecule has 5 heteroatoms. The molecule has 1 aliphatic heterocycles. The van der Waals surface area contributed by atoms with Gasteiger partial charge in [0.25, 0.3) is 0 Å². The zero-order chi connectivity index (χ0) is 13.8. The standard InChI is InChI=1S/C15H19N3O2/c1-2-20-15-13-3-6-18(9-12-5-8-19-10-12)7-4-14(13)16-11-17-15/h5,8,10-11H,2-4,6-7,9H2,1H3. The highest BCUT2D eigenvalue weighted by molar-refractivity contribution is 5.31. The van der Waals surface area contributed by atoms with Gasteiger partial charge in [-0.15, -0.1) is 0 Å². The van der Waals surface area contributed by atoms with Crippen molar-refractivity contribution in [2.24, 2.45) is 0 Å². The first kappa shape index (κ1) is 13.1. The van der Waals surface area contributed by atoms with Gasteiger partial charge in [-0.25, -0.2) is 9.97 Å². The van der Waals surface area contributed by atoms with Gasteiger partial charge in [0.05, 0.1) is 24.8 Å². The number of hydrogen-bond donors (Lipinski definition) is 0. The number of nitrogens with zero attached hydrogens (tertiary/aromatic N) is 3. The van der Waals surface area contributed by atoms with Gasteiger partial charge in [-0.05, 0) is 19.4 Å². The number of hydrogen-bond acceptors (Lipinski definition) is 5. The lowest BCUT2D eigenvalue weighted by molar-refractivity contribution is 0.276. The van der Waals surface area contributed by atoms with Crippen molar-refractivity contribution in [3.8, 4) is 5.88 Å². The molecule has 2 aromatic rings. The minimum atomic E-state index is 0.641. The van der Waals surface area contributed by atoms with E-state index in [2.05, 4.69) is 14.9 Å². The zero-order valence-electron chi connectivity index (χ0n) is 11.7. The fourth-order valence-electron chi connectivity index (χ4n) is 2.60. The largest absolute Gasteiger partial charge is 0.478 e. The normalized spacial score (nSPS) is 15.7. The predicted molar refractivity (Wildman–Crippen MR) is 74.6 cm³/mol. The van der Waals surface area contributed by atoms with Gasteiger partial charge in [0, 0.05) is 37.2 Å². The average molecular weight is 273 g/mol. The number of aromatic nitrogens is 2. The van der Waals surface area contributed by atoms with Crippen molar-refractivity contribution < 1.29 is 9.15 Å². The van der Waals surface area contributed by atoms with Gasteiger partial charge in [-0.1, -0.05) is 0 Å². The molecule has 0 bridgehead atoms. The van der Waals surface area contributed by atoms with Crippen LogP contribution < -0.4 is 4.74 Å². The Morgan fingerprint density at radius 3 is 3.00 bits per heavy atom. The molecule has 0 atom stereocenters. The second-order valence-corrected chi connectivity index (χ2v) is 4.94. The van der Waals surface area contributed by atoms with Crippen molar-refractivity contribution in [3.05, 3.63) is 41.7 Å². The Kier molecular flexibility index (Phi) is 3.97. The molecule has 0 N–H and O–H groups in total. The van der Waals surface area contributed by atoms with Crippen LogP contribution in [0.15, 0.2) is 29.3 Å². The molecule has 0 aromatic carbocycles. The molecular weight excluding hydrogens is 254 g/mol. The van der Waals surface area contributed by atoms with Crippen LogP contribution in [0, 0.1) is 0 Å². The molecular formula is C15H19N3O2. The Balaban J connectivity index is 1.73. The highest BCUT2D eigenvalue weighted by Gasteiger charge is 2.19. The van der Waals surface area contributed by atoms with Gasteiger partial charge in [0.2, 0.25) is 5.88 Å². The third-order valence-corrected chi connectivity index (χ3v) is 3.61. The smallest absolute Gasteiger partial charge is 0.219 e. The molecule has 0 unspecified atom stereocenters. The molecule has 1 aliphatic rings. The van der Waals surface area contributed by atoms with Crippen molar-refractivity contribution in [3.63, 3.8) is 0 Å². The van der Waals surface area contributed by atoms with E-state index in [4.69, 9.17) is 9.15 Å². The molecule has 5 nitrogen and oxygen atoms in total. The first-order valence-electron chi connectivity index (χ1n) is 7.05. The van der Waals surface area contributed by atoms with Gasteiger partial charge in [0.1, 0.15) is 6.33 Å². The van der Waals surface area contributed by atoms with E-state index in [0.29, 0.717) is 6.61 Å². The van der Waals surface area contributed by atoms with Crippen LogP contribution in [0.2, 0.25) is 0 Å². The van der Waals surface area contributed by atoms with E-state index in [9.17, 15) is 0 Å². The highest BCUT2D eigenvalue weighted by Crippen LogP contribution is 2.22. The third-order valence-electron chi connectivity index (χ3n) is 3.61. The summed E-state index contributed by atoms with van der Waals surface area (Å²) < 4.78 is 10.7. The molecule has 0 spiro atoms. The minimum Gasteiger partial charge on any atom is -0.478 e. The lowest BCUT2D eigenvalue weighted by atomic mass is 10.1. The van der Waals surface area contributed by atoms with Crippen molar-refractivity contribution >= 4 is 0 Å². The number of furan rings is 1.